The number of rotatable bonds is 3. The summed E-state index contributed by atoms with van der Waals surface area (Å²) in [7, 11) is 8.26. The van der Waals surface area contributed by atoms with Crippen LogP contribution in [0.2, 0.25) is 0 Å². The first-order chi connectivity index (χ1) is 16.5. The molecule has 0 unspecified atom stereocenters. The van der Waals surface area contributed by atoms with Gasteiger partial charge in [-0.3, -0.25) is 0 Å². The van der Waals surface area contributed by atoms with Crippen molar-refractivity contribution >= 4 is 29.0 Å². The Balaban J connectivity index is 0.000000795. The van der Waals surface area contributed by atoms with Crippen LogP contribution in [0.25, 0.3) is 11.6 Å². The molecule has 0 saturated carbocycles. The van der Waals surface area contributed by atoms with E-state index in [1.165, 1.54) is 28.1 Å². The lowest BCUT2D eigenvalue weighted by Crippen LogP contribution is -2.27. The van der Waals surface area contributed by atoms with Crippen molar-refractivity contribution in [3.63, 3.8) is 0 Å². The molecule has 4 rings (SSSR count). The number of carboxylic acid groups (broad SMARTS) is 1. The Bertz CT molecular complexity index is 1230. The van der Waals surface area contributed by atoms with E-state index in [9.17, 15) is 0 Å². The molecule has 0 aromatic heterocycles. The third-order valence-corrected chi connectivity index (χ3v) is 5.68. The molecular weight excluding hydrogens is 436 g/mol. The Kier molecular flexibility index (Phi) is 7.80. The molecule has 1 aliphatic carbocycles. The number of benzene rings is 2. The van der Waals surface area contributed by atoms with Gasteiger partial charge in [-0.1, -0.05) is 30.3 Å². The molecule has 0 bridgehead atoms. The zero-order valence-corrected chi connectivity index (χ0v) is 21.6. The molecule has 2 aromatic rings. The van der Waals surface area contributed by atoms with Crippen molar-refractivity contribution in [1.29, 1.82) is 0 Å². The highest BCUT2D eigenvalue weighted by atomic mass is 16.5. The van der Waals surface area contributed by atoms with Crippen LogP contribution in [-0.2, 0) is 4.79 Å². The Morgan fingerprint density at radius 1 is 0.914 bits per heavy atom. The fourth-order valence-electron chi connectivity index (χ4n) is 3.88. The number of hydrogen-bond donors (Lipinski definition) is 0. The number of allylic oxidation sites excluding steroid dienone is 5. The Hall–Kier alpha value is -3.86. The fraction of sp³-hybridized carbons (Fsp3) is 0.267. The van der Waals surface area contributed by atoms with Crippen LogP contribution in [0.3, 0.4) is 0 Å². The number of nitrogens with zero attached hydrogens (tertiary/aromatic N) is 2. The van der Waals surface area contributed by atoms with E-state index < -0.39 is 5.97 Å². The Labute approximate surface area is 208 Å². The van der Waals surface area contributed by atoms with Crippen molar-refractivity contribution in [2.45, 2.75) is 26.4 Å². The molecule has 0 amide bonds. The number of aliphatic carboxylic acids is 1. The van der Waals surface area contributed by atoms with Gasteiger partial charge in [-0.15, -0.1) is 0 Å². The number of hydrogen-bond acceptors (Lipinski definition) is 4. The van der Waals surface area contributed by atoms with E-state index in [2.05, 4.69) is 130 Å². The zero-order chi connectivity index (χ0) is 25.8. The van der Waals surface area contributed by atoms with Crippen LogP contribution in [-0.4, -0.2) is 50.0 Å². The maximum absolute atomic E-state index is 8.89. The third-order valence-electron chi connectivity index (χ3n) is 5.68. The lowest BCUT2D eigenvalue weighted by molar-refractivity contribution is -0.462. The topological polar surface area (TPSA) is 55.6 Å². The number of anilines is 1. The first-order valence-electron chi connectivity index (χ1n) is 11.6. The van der Waals surface area contributed by atoms with Gasteiger partial charge < -0.3 is 19.5 Å². The van der Waals surface area contributed by atoms with Crippen molar-refractivity contribution in [2.75, 3.05) is 33.1 Å². The minimum absolute atomic E-state index is 0.299. The highest BCUT2D eigenvalue weighted by Crippen LogP contribution is 2.37. The van der Waals surface area contributed by atoms with Crippen LogP contribution in [0.5, 0.6) is 5.75 Å². The van der Waals surface area contributed by atoms with Gasteiger partial charge in [-0.25, -0.2) is 4.58 Å². The molecule has 0 atom stereocenters. The van der Waals surface area contributed by atoms with Crippen LogP contribution >= 0.6 is 0 Å². The van der Waals surface area contributed by atoms with E-state index in [0.29, 0.717) is 0 Å². The SMILES string of the molecule is CC(=O)[O-].CN(C)c1ccc(C(=C2C=CC(=[N+](C)C)C=C2)c2ccc3c(c2)OC(C)(C)C=C3)cc1. The smallest absolute Gasteiger partial charge is 0.199 e. The molecule has 0 N–H and O–H groups in total. The number of ether oxygens (including phenoxy) is 1. The lowest BCUT2D eigenvalue weighted by Gasteiger charge is -2.28. The predicted molar refractivity (Wildman–Crippen MR) is 143 cm³/mol. The maximum Gasteiger partial charge on any atom is 0.199 e. The van der Waals surface area contributed by atoms with Crippen LogP contribution in [0.15, 0.2) is 78.4 Å². The largest absolute Gasteiger partial charge is 0.550 e. The summed E-state index contributed by atoms with van der Waals surface area (Å²) in [5, 5.41) is 8.89. The summed E-state index contributed by atoms with van der Waals surface area (Å²) in [5.74, 6) is -0.155. The third kappa shape index (κ3) is 6.60. The average molecular weight is 471 g/mol. The molecule has 35 heavy (non-hydrogen) atoms. The van der Waals surface area contributed by atoms with Crippen LogP contribution < -0.4 is 14.7 Å². The van der Waals surface area contributed by atoms with Gasteiger partial charge in [0.2, 0.25) is 0 Å². The molecule has 182 valence electrons. The predicted octanol–water partition coefficient (Wildman–Crippen LogP) is 4.33. The summed E-state index contributed by atoms with van der Waals surface area (Å²) in [6.45, 7) is 5.15. The Morgan fingerprint density at radius 2 is 1.49 bits per heavy atom. The highest BCUT2D eigenvalue weighted by Gasteiger charge is 2.23. The lowest BCUT2D eigenvalue weighted by atomic mass is 9.89. The van der Waals surface area contributed by atoms with Gasteiger partial charge >= 0.3 is 0 Å². The summed E-state index contributed by atoms with van der Waals surface area (Å²) >= 11 is 0. The molecule has 2 aromatic carbocycles. The van der Waals surface area contributed by atoms with Gasteiger partial charge in [-0.05, 0) is 79.5 Å². The van der Waals surface area contributed by atoms with Gasteiger partial charge in [0.05, 0.1) is 0 Å². The molecule has 5 heteroatoms. The summed E-state index contributed by atoms with van der Waals surface area (Å²) in [5.41, 5.74) is 7.93. The highest BCUT2D eigenvalue weighted by molar-refractivity contribution is 6.04. The number of carbonyl (C=O) groups is 1. The molecule has 5 nitrogen and oxygen atoms in total. The van der Waals surface area contributed by atoms with Crippen molar-refractivity contribution < 1.29 is 19.2 Å². The summed E-state index contributed by atoms with van der Waals surface area (Å²) < 4.78 is 8.39. The normalized spacial score (nSPS) is 14.9. The van der Waals surface area contributed by atoms with Crippen molar-refractivity contribution in [1.82, 2.24) is 0 Å². The zero-order valence-electron chi connectivity index (χ0n) is 21.6. The molecule has 1 aliphatic heterocycles. The van der Waals surface area contributed by atoms with Gasteiger partial charge in [0.25, 0.3) is 0 Å². The second-order valence-electron chi connectivity index (χ2n) is 9.54. The van der Waals surface area contributed by atoms with Crippen LogP contribution in [0.1, 0.15) is 37.5 Å². The van der Waals surface area contributed by atoms with E-state index in [1.807, 2.05) is 0 Å². The average Bonchev–Trinajstić information content (AvgIpc) is 2.79. The molecule has 1 heterocycles. The van der Waals surface area contributed by atoms with E-state index in [1.54, 1.807) is 0 Å². The van der Waals surface area contributed by atoms with E-state index in [0.717, 1.165) is 23.8 Å². The van der Waals surface area contributed by atoms with Crippen molar-refractivity contribution in [3.05, 3.63) is 95.1 Å². The first-order valence-corrected chi connectivity index (χ1v) is 11.6. The Morgan fingerprint density at radius 3 is 2.03 bits per heavy atom. The number of carbonyl (C=O) groups excluding carboxylic acids is 1. The minimum atomic E-state index is -1.08. The fourth-order valence-corrected chi connectivity index (χ4v) is 3.88. The molecule has 0 spiro atoms. The quantitative estimate of drug-likeness (QED) is 0.627. The van der Waals surface area contributed by atoms with E-state index in [4.69, 9.17) is 14.6 Å². The molecule has 0 saturated heterocycles. The summed E-state index contributed by atoms with van der Waals surface area (Å²) in [4.78, 5) is 11.0. The molecule has 2 aliphatic rings. The van der Waals surface area contributed by atoms with Crippen LogP contribution in [0, 0.1) is 0 Å². The van der Waals surface area contributed by atoms with Gasteiger partial charge in [0.1, 0.15) is 25.4 Å². The van der Waals surface area contributed by atoms with Crippen molar-refractivity contribution in [3.8, 4) is 5.75 Å². The number of carboxylic acids is 1. The maximum atomic E-state index is 8.89. The van der Waals surface area contributed by atoms with E-state index in [-0.39, 0.29) is 5.60 Å². The first kappa shape index (κ1) is 25.8. The second-order valence-corrected chi connectivity index (χ2v) is 9.54. The van der Waals surface area contributed by atoms with Gasteiger partial charge in [0.15, 0.2) is 5.71 Å². The van der Waals surface area contributed by atoms with Gasteiger partial charge in [-0.2, -0.15) is 0 Å². The van der Waals surface area contributed by atoms with Crippen molar-refractivity contribution in [2.24, 2.45) is 0 Å². The monoisotopic (exact) mass is 470 g/mol. The summed E-state index contributed by atoms with van der Waals surface area (Å²) in [6, 6.07) is 15.3. The molecular formula is C30H34N2O3. The standard InChI is InChI=1S/C28H31N2O.C2H4O2/c1-28(2)18-17-20-7-8-23(19-26(20)31-28)27(21-9-13-24(14-10-21)29(3)4)22-11-15-25(16-12-22)30(5)6;1-2(3)4/h7-19H,1-6H3;1H3,(H,3,4)/q+1;/p-1. The molecule has 0 radical (unpaired) electrons. The number of fused-ring (bicyclic) bond motifs is 1. The van der Waals surface area contributed by atoms with Gasteiger partial charge in [0, 0.05) is 43.5 Å². The van der Waals surface area contributed by atoms with E-state index >= 15 is 0 Å². The molecule has 0 fully saturated rings. The second kappa shape index (κ2) is 10.6. The summed E-state index contributed by atoms with van der Waals surface area (Å²) in [6.07, 6.45) is 13.0. The van der Waals surface area contributed by atoms with Crippen LogP contribution in [0.4, 0.5) is 5.69 Å². The minimum Gasteiger partial charge on any atom is -0.550 e.